The van der Waals surface area contributed by atoms with Crippen molar-refractivity contribution in [3.63, 3.8) is 0 Å². The Balaban J connectivity index is 2.10. The van der Waals surface area contributed by atoms with Gasteiger partial charge in [0.05, 0.1) is 13.5 Å². The van der Waals surface area contributed by atoms with Gasteiger partial charge in [-0.1, -0.05) is 30.3 Å². The number of amides is 1. The first-order valence-corrected chi connectivity index (χ1v) is 7.63. The molecule has 5 heteroatoms. The molecule has 1 amide bonds. The third kappa shape index (κ3) is 4.35. The first-order valence-electron chi connectivity index (χ1n) is 7.63. The van der Waals surface area contributed by atoms with E-state index in [0.29, 0.717) is 11.3 Å². The summed E-state index contributed by atoms with van der Waals surface area (Å²) in [5, 5.41) is 12.0. The first-order chi connectivity index (χ1) is 11.4. The van der Waals surface area contributed by atoms with Gasteiger partial charge in [0.15, 0.2) is 6.04 Å². The monoisotopic (exact) mass is 327 g/mol. The van der Waals surface area contributed by atoms with Crippen molar-refractivity contribution in [2.75, 3.05) is 7.11 Å². The topological polar surface area (TPSA) is 75.6 Å². The maximum Gasteiger partial charge on any atom is 0.330 e. The molecule has 0 spiro atoms. The highest BCUT2D eigenvalue weighted by Gasteiger charge is 2.22. The first kappa shape index (κ1) is 17.5. The Morgan fingerprint density at radius 2 is 1.75 bits per heavy atom. The smallest absolute Gasteiger partial charge is 0.330 e. The van der Waals surface area contributed by atoms with E-state index in [1.54, 1.807) is 43.5 Å². The van der Waals surface area contributed by atoms with Crippen LogP contribution in [0.1, 0.15) is 28.3 Å². The van der Waals surface area contributed by atoms with Crippen LogP contribution in [0.3, 0.4) is 0 Å². The quantitative estimate of drug-likeness (QED) is 0.855. The average Bonchev–Trinajstić information content (AvgIpc) is 2.56. The molecule has 0 heterocycles. The fourth-order valence-electron chi connectivity index (χ4n) is 2.37. The Morgan fingerprint density at radius 3 is 2.29 bits per heavy atom. The van der Waals surface area contributed by atoms with E-state index in [0.717, 1.165) is 16.7 Å². The standard InChI is InChI=1S/C19H21NO4/c1-12-4-7-15(10-13(12)2)18(19(22)23)20-17(21)11-14-5-8-16(24-3)9-6-14/h4-10,18H,11H2,1-3H3,(H,20,21)(H,22,23). The Labute approximate surface area is 141 Å². The average molecular weight is 327 g/mol. The highest BCUT2D eigenvalue weighted by Crippen LogP contribution is 2.18. The maximum atomic E-state index is 12.2. The zero-order valence-corrected chi connectivity index (χ0v) is 14.0. The second-order valence-electron chi connectivity index (χ2n) is 5.71. The number of carboxylic acid groups (broad SMARTS) is 1. The largest absolute Gasteiger partial charge is 0.497 e. The molecule has 1 unspecified atom stereocenters. The molecular formula is C19H21NO4. The van der Waals surface area contributed by atoms with Gasteiger partial charge >= 0.3 is 5.97 Å². The lowest BCUT2D eigenvalue weighted by Crippen LogP contribution is -2.34. The van der Waals surface area contributed by atoms with E-state index in [2.05, 4.69) is 5.32 Å². The molecule has 5 nitrogen and oxygen atoms in total. The molecule has 2 aromatic carbocycles. The number of rotatable bonds is 6. The molecule has 0 fully saturated rings. The van der Waals surface area contributed by atoms with Gasteiger partial charge in [0.25, 0.3) is 0 Å². The van der Waals surface area contributed by atoms with Crippen molar-refractivity contribution in [2.45, 2.75) is 26.3 Å². The van der Waals surface area contributed by atoms with Crippen molar-refractivity contribution >= 4 is 11.9 Å². The lowest BCUT2D eigenvalue weighted by Gasteiger charge is -2.16. The van der Waals surface area contributed by atoms with Crippen molar-refractivity contribution in [1.82, 2.24) is 5.32 Å². The Morgan fingerprint density at radius 1 is 1.08 bits per heavy atom. The number of nitrogens with one attached hydrogen (secondary N) is 1. The van der Waals surface area contributed by atoms with E-state index in [-0.39, 0.29) is 12.3 Å². The highest BCUT2D eigenvalue weighted by molar-refractivity contribution is 5.85. The van der Waals surface area contributed by atoms with Crippen LogP contribution < -0.4 is 10.1 Å². The SMILES string of the molecule is COc1ccc(CC(=O)NC(C(=O)O)c2ccc(C)c(C)c2)cc1. The summed E-state index contributed by atoms with van der Waals surface area (Å²) in [4.78, 5) is 23.7. The molecule has 0 saturated carbocycles. The number of hydrogen-bond acceptors (Lipinski definition) is 3. The van der Waals surface area contributed by atoms with Gasteiger partial charge in [0, 0.05) is 0 Å². The number of ether oxygens (including phenoxy) is 1. The van der Waals surface area contributed by atoms with Crippen molar-refractivity contribution < 1.29 is 19.4 Å². The molecule has 2 rings (SSSR count). The molecule has 2 N–H and O–H groups in total. The third-order valence-corrected chi connectivity index (χ3v) is 3.94. The number of carbonyl (C=O) groups excluding carboxylic acids is 1. The summed E-state index contributed by atoms with van der Waals surface area (Å²) in [6, 6.07) is 11.4. The van der Waals surface area contributed by atoms with E-state index < -0.39 is 12.0 Å². The third-order valence-electron chi connectivity index (χ3n) is 3.94. The van der Waals surface area contributed by atoms with Gasteiger partial charge < -0.3 is 15.2 Å². The molecule has 0 aliphatic rings. The molecule has 0 aromatic heterocycles. The molecule has 0 bridgehead atoms. The van der Waals surface area contributed by atoms with Crippen molar-refractivity contribution in [2.24, 2.45) is 0 Å². The molecule has 126 valence electrons. The highest BCUT2D eigenvalue weighted by atomic mass is 16.5. The minimum atomic E-state index is -1.08. The van der Waals surface area contributed by atoms with E-state index in [4.69, 9.17) is 4.74 Å². The van der Waals surface area contributed by atoms with Gasteiger partial charge in [-0.3, -0.25) is 4.79 Å². The van der Waals surface area contributed by atoms with Gasteiger partial charge in [-0.15, -0.1) is 0 Å². The molecule has 0 radical (unpaired) electrons. The summed E-state index contributed by atoms with van der Waals surface area (Å²) in [7, 11) is 1.57. The summed E-state index contributed by atoms with van der Waals surface area (Å²) < 4.78 is 5.07. The second-order valence-corrected chi connectivity index (χ2v) is 5.71. The maximum absolute atomic E-state index is 12.2. The predicted molar refractivity (Wildman–Crippen MR) is 91.1 cm³/mol. The summed E-state index contributed by atoms with van der Waals surface area (Å²) in [5.41, 5.74) is 3.42. The summed E-state index contributed by atoms with van der Waals surface area (Å²) in [6.45, 7) is 3.87. The van der Waals surface area contributed by atoms with Crippen molar-refractivity contribution in [3.8, 4) is 5.75 Å². The van der Waals surface area contributed by atoms with Crippen LogP contribution >= 0.6 is 0 Å². The Bertz CT molecular complexity index is 738. The van der Waals surface area contributed by atoms with Crippen LogP contribution in [-0.2, 0) is 16.0 Å². The van der Waals surface area contributed by atoms with Gasteiger partial charge in [0.2, 0.25) is 5.91 Å². The van der Waals surface area contributed by atoms with Crippen LogP contribution in [0, 0.1) is 13.8 Å². The van der Waals surface area contributed by atoms with Crippen molar-refractivity contribution in [1.29, 1.82) is 0 Å². The number of aliphatic carboxylic acids is 1. The zero-order chi connectivity index (χ0) is 17.7. The normalized spacial score (nSPS) is 11.6. The predicted octanol–water partition coefficient (Wildman–Crippen LogP) is 2.80. The van der Waals surface area contributed by atoms with Gasteiger partial charge in [-0.2, -0.15) is 0 Å². The molecule has 0 aliphatic carbocycles. The zero-order valence-electron chi connectivity index (χ0n) is 14.0. The lowest BCUT2D eigenvalue weighted by molar-refractivity contribution is -0.141. The van der Waals surface area contributed by atoms with Crippen LogP contribution in [0.2, 0.25) is 0 Å². The minimum absolute atomic E-state index is 0.110. The van der Waals surface area contributed by atoms with Crippen LogP contribution in [0.25, 0.3) is 0 Å². The van der Waals surface area contributed by atoms with Gasteiger partial charge in [-0.05, 0) is 48.2 Å². The second kappa shape index (κ2) is 7.64. The summed E-state index contributed by atoms with van der Waals surface area (Å²) in [5.74, 6) is -0.718. The lowest BCUT2D eigenvalue weighted by atomic mass is 10.0. The molecule has 0 saturated heterocycles. The molecule has 0 aliphatic heterocycles. The molecular weight excluding hydrogens is 306 g/mol. The van der Waals surface area contributed by atoms with E-state index >= 15 is 0 Å². The van der Waals surface area contributed by atoms with E-state index in [9.17, 15) is 14.7 Å². The van der Waals surface area contributed by atoms with Gasteiger partial charge in [-0.25, -0.2) is 4.79 Å². The number of carbonyl (C=O) groups is 2. The summed E-state index contributed by atoms with van der Waals surface area (Å²) in [6.07, 6.45) is 0.110. The van der Waals surface area contributed by atoms with Crippen LogP contribution in [0.15, 0.2) is 42.5 Å². The fourth-order valence-corrected chi connectivity index (χ4v) is 2.37. The Kier molecular flexibility index (Phi) is 5.58. The van der Waals surface area contributed by atoms with E-state index in [1.807, 2.05) is 19.9 Å². The van der Waals surface area contributed by atoms with Crippen LogP contribution in [-0.4, -0.2) is 24.1 Å². The molecule has 2 aromatic rings. The Hall–Kier alpha value is -2.82. The van der Waals surface area contributed by atoms with E-state index in [1.165, 1.54) is 0 Å². The molecule has 24 heavy (non-hydrogen) atoms. The number of hydrogen-bond donors (Lipinski definition) is 2. The number of carboxylic acids is 1. The minimum Gasteiger partial charge on any atom is -0.497 e. The number of benzene rings is 2. The van der Waals surface area contributed by atoms with Gasteiger partial charge in [0.1, 0.15) is 5.75 Å². The van der Waals surface area contributed by atoms with Crippen LogP contribution in [0.4, 0.5) is 0 Å². The van der Waals surface area contributed by atoms with Crippen LogP contribution in [0.5, 0.6) is 5.75 Å². The fraction of sp³-hybridized carbons (Fsp3) is 0.263. The summed E-state index contributed by atoms with van der Waals surface area (Å²) >= 11 is 0. The number of methoxy groups -OCH3 is 1. The van der Waals surface area contributed by atoms with Crippen molar-refractivity contribution in [3.05, 3.63) is 64.7 Å². The molecule has 1 atom stereocenters. The number of aryl methyl sites for hydroxylation is 2.